The number of aldehydes is 1. The maximum atomic E-state index is 11.7. The minimum atomic E-state index is -0.506. The number of fused-ring (bicyclic) bond motifs is 2. The van der Waals surface area contributed by atoms with Crippen LogP contribution in [-0.2, 0) is 9.53 Å². The van der Waals surface area contributed by atoms with Gasteiger partial charge in [-0.2, -0.15) is 0 Å². The average Bonchev–Trinajstić information content (AvgIpc) is 2.74. The van der Waals surface area contributed by atoms with Crippen molar-refractivity contribution >= 4 is 12.4 Å². The second-order valence-corrected chi connectivity index (χ2v) is 5.83. The molecule has 17 heavy (non-hydrogen) atoms. The molecule has 4 atom stereocenters. The summed E-state index contributed by atoms with van der Waals surface area (Å²) in [6, 6.07) is -0.0997. The number of hydrogen-bond donors (Lipinski definition) is 1. The van der Waals surface area contributed by atoms with Gasteiger partial charge < -0.3 is 14.8 Å². The molecule has 0 aromatic carbocycles. The largest absolute Gasteiger partial charge is 0.444 e. The highest BCUT2D eigenvalue weighted by Crippen LogP contribution is 2.42. The molecule has 94 valence electrons. The zero-order valence-corrected chi connectivity index (χ0v) is 10.5. The number of rotatable bonds is 2. The molecule has 4 nitrogen and oxygen atoms in total. The first kappa shape index (κ1) is 12.1. The smallest absolute Gasteiger partial charge is 0.407 e. The van der Waals surface area contributed by atoms with Gasteiger partial charge in [-0.1, -0.05) is 12.2 Å². The van der Waals surface area contributed by atoms with Gasteiger partial charge in [-0.15, -0.1) is 0 Å². The predicted molar refractivity (Wildman–Crippen MR) is 63.4 cm³/mol. The van der Waals surface area contributed by atoms with Gasteiger partial charge in [-0.25, -0.2) is 4.79 Å². The van der Waals surface area contributed by atoms with Gasteiger partial charge in [-0.3, -0.25) is 0 Å². The zero-order valence-electron chi connectivity index (χ0n) is 10.5. The van der Waals surface area contributed by atoms with E-state index in [1.54, 1.807) is 0 Å². The minimum Gasteiger partial charge on any atom is -0.444 e. The van der Waals surface area contributed by atoms with Crippen molar-refractivity contribution in [3.63, 3.8) is 0 Å². The fraction of sp³-hybridized carbons (Fsp3) is 0.692. The fourth-order valence-corrected chi connectivity index (χ4v) is 2.69. The Balaban J connectivity index is 1.97. The summed E-state index contributed by atoms with van der Waals surface area (Å²) in [6.07, 6.45) is 5.65. The second kappa shape index (κ2) is 4.17. The Morgan fingerprint density at radius 1 is 1.35 bits per heavy atom. The SMILES string of the molecule is CC(C)(C)OC(=O)N[C@@H]1C2C=CC(C2)[C@@H]1C=O. The topological polar surface area (TPSA) is 55.4 Å². The monoisotopic (exact) mass is 237 g/mol. The number of alkyl carbamates (subject to hydrolysis) is 1. The van der Waals surface area contributed by atoms with Crippen LogP contribution >= 0.6 is 0 Å². The predicted octanol–water partition coefficient (Wildman–Crippen LogP) is 1.90. The summed E-state index contributed by atoms with van der Waals surface area (Å²) in [5.41, 5.74) is -0.506. The molecule has 4 heteroatoms. The molecule has 0 radical (unpaired) electrons. The highest BCUT2D eigenvalue weighted by Gasteiger charge is 2.45. The number of allylic oxidation sites excluding steroid dienone is 1. The lowest BCUT2D eigenvalue weighted by Gasteiger charge is -2.27. The molecule has 0 heterocycles. The summed E-state index contributed by atoms with van der Waals surface area (Å²) in [5.74, 6) is 0.470. The highest BCUT2D eigenvalue weighted by atomic mass is 16.6. The van der Waals surface area contributed by atoms with Crippen LogP contribution in [0.15, 0.2) is 12.2 Å². The summed E-state index contributed by atoms with van der Waals surface area (Å²) in [7, 11) is 0. The lowest BCUT2D eigenvalue weighted by atomic mass is 9.90. The maximum absolute atomic E-state index is 11.7. The van der Waals surface area contributed by atoms with Crippen LogP contribution in [0.3, 0.4) is 0 Å². The lowest BCUT2D eigenvalue weighted by molar-refractivity contribution is -0.112. The molecule has 2 bridgehead atoms. The molecule has 1 saturated carbocycles. The Kier molecular flexibility index (Phi) is 2.98. The Morgan fingerprint density at radius 3 is 2.59 bits per heavy atom. The number of ether oxygens (including phenoxy) is 1. The number of nitrogens with one attached hydrogen (secondary N) is 1. The summed E-state index contributed by atoms with van der Waals surface area (Å²) in [6.45, 7) is 5.47. The second-order valence-electron chi connectivity index (χ2n) is 5.83. The number of amides is 1. The van der Waals surface area contributed by atoms with Gasteiger partial charge in [0.2, 0.25) is 0 Å². The quantitative estimate of drug-likeness (QED) is 0.589. The standard InChI is InChI=1S/C13H19NO3/c1-13(2,3)17-12(16)14-11-9-5-4-8(6-9)10(11)7-15/h4-5,7-11H,6H2,1-3H3,(H,14,16)/t8?,9?,10-,11+/m0/s1. The third kappa shape index (κ3) is 2.51. The first-order chi connectivity index (χ1) is 7.90. The van der Waals surface area contributed by atoms with Crippen molar-refractivity contribution in [3.8, 4) is 0 Å². The van der Waals surface area contributed by atoms with E-state index in [9.17, 15) is 9.59 Å². The Morgan fingerprint density at radius 2 is 2.00 bits per heavy atom. The van der Waals surface area contributed by atoms with E-state index in [4.69, 9.17) is 4.74 Å². The molecule has 2 aliphatic rings. The Labute approximate surface area is 101 Å². The van der Waals surface area contributed by atoms with Crippen LogP contribution in [-0.4, -0.2) is 24.0 Å². The van der Waals surface area contributed by atoms with Crippen molar-refractivity contribution in [1.29, 1.82) is 0 Å². The van der Waals surface area contributed by atoms with E-state index in [1.165, 1.54) is 0 Å². The summed E-state index contributed by atoms with van der Waals surface area (Å²) >= 11 is 0. The van der Waals surface area contributed by atoms with Crippen molar-refractivity contribution in [3.05, 3.63) is 12.2 Å². The molecule has 0 aromatic rings. The molecular weight excluding hydrogens is 218 g/mol. The van der Waals surface area contributed by atoms with Crippen molar-refractivity contribution in [2.24, 2.45) is 17.8 Å². The van der Waals surface area contributed by atoms with Crippen LogP contribution in [0.25, 0.3) is 0 Å². The third-order valence-corrected chi connectivity index (χ3v) is 3.36. The molecular formula is C13H19NO3. The number of carbonyl (C=O) groups excluding carboxylic acids is 2. The zero-order chi connectivity index (χ0) is 12.6. The Bertz CT molecular complexity index is 356. The van der Waals surface area contributed by atoms with Gasteiger partial charge in [0.05, 0.1) is 0 Å². The van der Waals surface area contributed by atoms with Crippen LogP contribution in [0.5, 0.6) is 0 Å². The van der Waals surface area contributed by atoms with Crippen molar-refractivity contribution in [2.75, 3.05) is 0 Å². The van der Waals surface area contributed by atoms with E-state index in [1.807, 2.05) is 20.8 Å². The Hall–Kier alpha value is -1.32. The molecule has 1 N–H and O–H groups in total. The van der Waals surface area contributed by atoms with Crippen LogP contribution in [0.4, 0.5) is 4.79 Å². The molecule has 0 spiro atoms. The van der Waals surface area contributed by atoms with Gasteiger partial charge in [0, 0.05) is 12.0 Å². The van der Waals surface area contributed by atoms with Crippen LogP contribution in [0.1, 0.15) is 27.2 Å². The average molecular weight is 237 g/mol. The maximum Gasteiger partial charge on any atom is 0.407 e. The normalized spacial score (nSPS) is 34.8. The molecule has 0 aromatic heterocycles. The summed E-state index contributed by atoms with van der Waals surface area (Å²) in [4.78, 5) is 22.7. The molecule has 2 rings (SSSR count). The summed E-state index contributed by atoms with van der Waals surface area (Å²) < 4.78 is 5.21. The van der Waals surface area contributed by atoms with Gasteiger partial charge in [0.15, 0.2) is 0 Å². The van der Waals surface area contributed by atoms with Gasteiger partial charge in [0.1, 0.15) is 11.9 Å². The van der Waals surface area contributed by atoms with E-state index < -0.39 is 11.7 Å². The molecule has 0 aliphatic heterocycles. The van der Waals surface area contributed by atoms with E-state index in [2.05, 4.69) is 17.5 Å². The van der Waals surface area contributed by atoms with Crippen LogP contribution in [0.2, 0.25) is 0 Å². The van der Waals surface area contributed by atoms with E-state index in [0.717, 1.165) is 12.7 Å². The number of hydrogen-bond acceptors (Lipinski definition) is 3. The van der Waals surface area contributed by atoms with E-state index in [-0.39, 0.29) is 23.8 Å². The first-order valence-corrected chi connectivity index (χ1v) is 6.04. The highest BCUT2D eigenvalue weighted by molar-refractivity contribution is 5.70. The minimum absolute atomic E-state index is 0.0995. The van der Waals surface area contributed by atoms with E-state index >= 15 is 0 Å². The molecule has 2 aliphatic carbocycles. The fourth-order valence-electron chi connectivity index (χ4n) is 2.69. The van der Waals surface area contributed by atoms with Gasteiger partial charge in [-0.05, 0) is 39.0 Å². The molecule has 2 unspecified atom stereocenters. The van der Waals surface area contributed by atoms with Crippen molar-refractivity contribution in [1.82, 2.24) is 5.32 Å². The number of carbonyl (C=O) groups is 2. The summed E-state index contributed by atoms with van der Waals surface area (Å²) in [5, 5.41) is 2.82. The van der Waals surface area contributed by atoms with Crippen molar-refractivity contribution < 1.29 is 14.3 Å². The van der Waals surface area contributed by atoms with Crippen LogP contribution < -0.4 is 5.32 Å². The van der Waals surface area contributed by atoms with Gasteiger partial charge >= 0.3 is 6.09 Å². The molecule has 1 fully saturated rings. The molecule has 1 amide bonds. The van der Waals surface area contributed by atoms with Gasteiger partial charge in [0.25, 0.3) is 0 Å². The molecule has 0 saturated heterocycles. The lowest BCUT2D eigenvalue weighted by Crippen LogP contribution is -2.45. The van der Waals surface area contributed by atoms with E-state index in [0.29, 0.717) is 0 Å². The van der Waals surface area contributed by atoms with Crippen molar-refractivity contribution in [2.45, 2.75) is 38.8 Å². The first-order valence-electron chi connectivity index (χ1n) is 6.04. The third-order valence-electron chi connectivity index (χ3n) is 3.36. The van der Waals surface area contributed by atoms with Crippen LogP contribution in [0, 0.1) is 17.8 Å².